The summed E-state index contributed by atoms with van der Waals surface area (Å²) in [5.41, 5.74) is -0.0211. The maximum Gasteiger partial charge on any atom is 0.222 e. The van der Waals surface area contributed by atoms with Crippen molar-refractivity contribution < 1.29 is 9.53 Å². The Morgan fingerprint density at radius 1 is 1.30 bits per heavy atom. The highest BCUT2D eigenvalue weighted by Crippen LogP contribution is 2.38. The van der Waals surface area contributed by atoms with Gasteiger partial charge in [0.05, 0.1) is 5.60 Å². The number of carbonyl (C=O) groups excluding carboxylic acids is 1. The van der Waals surface area contributed by atoms with E-state index in [1.54, 1.807) is 0 Å². The highest BCUT2D eigenvalue weighted by Gasteiger charge is 2.36. The van der Waals surface area contributed by atoms with Crippen molar-refractivity contribution in [3.63, 3.8) is 0 Å². The van der Waals surface area contributed by atoms with Crippen LogP contribution in [-0.4, -0.2) is 36.1 Å². The lowest BCUT2D eigenvalue weighted by Gasteiger charge is -2.40. The van der Waals surface area contributed by atoms with Gasteiger partial charge in [-0.3, -0.25) is 4.79 Å². The summed E-state index contributed by atoms with van der Waals surface area (Å²) in [7, 11) is 0. The van der Waals surface area contributed by atoms with Crippen molar-refractivity contribution in [1.82, 2.24) is 4.90 Å². The minimum atomic E-state index is -0.0211. The molecule has 0 spiro atoms. The lowest BCUT2D eigenvalue weighted by Crippen LogP contribution is -2.40. The van der Waals surface area contributed by atoms with E-state index < -0.39 is 0 Å². The Bertz CT molecular complexity index is 332. The predicted molar refractivity (Wildman–Crippen MR) is 81.5 cm³/mol. The number of amides is 1. The number of nitrogens with zero attached hydrogens (tertiary/aromatic N) is 1. The molecule has 20 heavy (non-hydrogen) atoms. The quantitative estimate of drug-likeness (QED) is 0.789. The smallest absolute Gasteiger partial charge is 0.222 e. The van der Waals surface area contributed by atoms with Gasteiger partial charge in [0.1, 0.15) is 0 Å². The summed E-state index contributed by atoms with van der Waals surface area (Å²) in [6.45, 7) is 11.7. The van der Waals surface area contributed by atoms with E-state index in [0.717, 1.165) is 39.0 Å². The van der Waals surface area contributed by atoms with Gasteiger partial charge >= 0.3 is 0 Å². The average molecular weight is 281 g/mol. The van der Waals surface area contributed by atoms with E-state index in [-0.39, 0.29) is 5.60 Å². The molecule has 0 aromatic heterocycles. The Labute approximate surface area is 124 Å². The van der Waals surface area contributed by atoms with Crippen LogP contribution in [-0.2, 0) is 9.53 Å². The van der Waals surface area contributed by atoms with Crippen LogP contribution in [0.25, 0.3) is 0 Å². The number of rotatable bonds is 4. The Kier molecular flexibility index (Phi) is 5.11. The third-order valence-electron chi connectivity index (χ3n) is 5.07. The fourth-order valence-corrected chi connectivity index (χ4v) is 3.89. The van der Waals surface area contributed by atoms with Crippen molar-refractivity contribution in [2.45, 2.75) is 65.4 Å². The van der Waals surface area contributed by atoms with E-state index in [2.05, 4.69) is 32.6 Å². The molecule has 0 saturated carbocycles. The topological polar surface area (TPSA) is 29.5 Å². The van der Waals surface area contributed by atoms with Crippen LogP contribution in [0.4, 0.5) is 0 Å². The summed E-state index contributed by atoms with van der Waals surface area (Å²) in [6.07, 6.45) is 5.30. The van der Waals surface area contributed by atoms with Gasteiger partial charge in [-0.15, -0.1) is 0 Å². The maximum atomic E-state index is 12.5. The molecule has 2 atom stereocenters. The fraction of sp³-hybridized carbons (Fsp3) is 0.941. The number of ether oxygens (including phenoxy) is 1. The van der Waals surface area contributed by atoms with Crippen molar-refractivity contribution in [1.29, 1.82) is 0 Å². The first-order chi connectivity index (χ1) is 9.39. The highest BCUT2D eigenvalue weighted by molar-refractivity contribution is 5.76. The minimum Gasteiger partial charge on any atom is -0.376 e. The first-order valence-corrected chi connectivity index (χ1v) is 8.31. The first kappa shape index (κ1) is 15.8. The Morgan fingerprint density at radius 3 is 2.50 bits per heavy atom. The highest BCUT2D eigenvalue weighted by atomic mass is 16.5. The van der Waals surface area contributed by atoms with E-state index >= 15 is 0 Å². The average Bonchev–Trinajstić information content (AvgIpc) is 2.87. The van der Waals surface area contributed by atoms with Crippen molar-refractivity contribution >= 4 is 5.91 Å². The van der Waals surface area contributed by atoms with Crippen LogP contribution in [0.15, 0.2) is 0 Å². The molecule has 2 fully saturated rings. The second-order valence-corrected chi connectivity index (χ2v) is 7.56. The van der Waals surface area contributed by atoms with Gasteiger partial charge in [-0.05, 0) is 57.3 Å². The van der Waals surface area contributed by atoms with Crippen molar-refractivity contribution in [2.24, 2.45) is 17.8 Å². The normalized spacial score (nSPS) is 27.9. The van der Waals surface area contributed by atoms with Gasteiger partial charge in [0.25, 0.3) is 0 Å². The molecule has 2 saturated heterocycles. The lowest BCUT2D eigenvalue weighted by atomic mass is 9.73. The summed E-state index contributed by atoms with van der Waals surface area (Å²) in [5, 5.41) is 0. The molecule has 1 amide bonds. The molecule has 3 nitrogen and oxygen atoms in total. The number of hydrogen-bond acceptors (Lipinski definition) is 2. The van der Waals surface area contributed by atoms with Crippen molar-refractivity contribution in [3.05, 3.63) is 0 Å². The predicted octanol–water partition coefficient (Wildman–Crippen LogP) is 3.48. The molecule has 2 aliphatic rings. The summed E-state index contributed by atoms with van der Waals surface area (Å²) in [4.78, 5) is 14.5. The van der Waals surface area contributed by atoms with E-state index in [1.165, 1.54) is 12.8 Å². The summed E-state index contributed by atoms with van der Waals surface area (Å²) >= 11 is 0. The van der Waals surface area contributed by atoms with Crippen molar-refractivity contribution in [2.75, 3.05) is 19.7 Å². The molecule has 2 rings (SSSR count). The van der Waals surface area contributed by atoms with E-state index in [4.69, 9.17) is 4.74 Å². The molecule has 0 aromatic carbocycles. The van der Waals surface area contributed by atoms with Gasteiger partial charge < -0.3 is 9.64 Å². The zero-order chi connectivity index (χ0) is 14.8. The SMILES string of the molecule is CC(C)[C@@H](CC(=O)N1CCCC1)[C@H]1CCOC(C)(C)C1. The zero-order valence-corrected chi connectivity index (χ0v) is 13.7. The van der Waals surface area contributed by atoms with Gasteiger partial charge in [-0.2, -0.15) is 0 Å². The number of carbonyl (C=O) groups is 1. The maximum absolute atomic E-state index is 12.5. The first-order valence-electron chi connectivity index (χ1n) is 8.31. The van der Waals surface area contributed by atoms with Crippen LogP contribution in [0, 0.1) is 17.8 Å². The van der Waals surface area contributed by atoms with Gasteiger partial charge in [-0.1, -0.05) is 13.8 Å². The summed E-state index contributed by atoms with van der Waals surface area (Å²) in [5.74, 6) is 2.09. The fourth-order valence-electron chi connectivity index (χ4n) is 3.89. The van der Waals surface area contributed by atoms with Crippen LogP contribution in [0.1, 0.15) is 59.8 Å². The Morgan fingerprint density at radius 2 is 1.95 bits per heavy atom. The second-order valence-electron chi connectivity index (χ2n) is 7.56. The van der Waals surface area contributed by atoms with Crippen LogP contribution in [0.2, 0.25) is 0 Å². The third-order valence-corrected chi connectivity index (χ3v) is 5.07. The van der Waals surface area contributed by atoms with Gasteiger partial charge in [0.2, 0.25) is 5.91 Å². The molecule has 0 aliphatic carbocycles. The number of hydrogen-bond donors (Lipinski definition) is 0. The molecule has 0 unspecified atom stereocenters. The molecule has 2 aliphatic heterocycles. The van der Waals surface area contributed by atoms with E-state index in [1.807, 2.05) is 0 Å². The molecule has 116 valence electrons. The standard InChI is InChI=1S/C17H31NO2/c1-13(2)15(11-16(19)18-8-5-6-9-18)14-7-10-20-17(3,4)12-14/h13-15H,5-12H2,1-4H3/t14-,15+/m0/s1. The minimum absolute atomic E-state index is 0.0211. The van der Waals surface area contributed by atoms with Gasteiger partial charge in [0.15, 0.2) is 0 Å². The second kappa shape index (κ2) is 6.46. The summed E-state index contributed by atoms with van der Waals surface area (Å²) < 4.78 is 5.83. The van der Waals surface area contributed by atoms with Crippen LogP contribution in [0.5, 0.6) is 0 Å². The molecular weight excluding hydrogens is 250 g/mol. The van der Waals surface area contributed by atoms with Crippen LogP contribution in [0.3, 0.4) is 0 Å². The lowest BCUT2D eigenvalue weighted by molar-refractivity contribution is -0.134. The Balaban J connectivity index is 1.97. The van der Waals surface area contributed by atoms with Crippen LogP contribution < -0.4 is 0 Å². The largest absolute Gasteiger partial charge is 0.376 e. The van der Waals surface area contributed by atoms with E-state index in [0.29, 0.717) is 23.7 Å². The molecular formula is C17H31NO2. The third kappa shape index (κ3) is 3.97. The molecule has 0 radical (unpaired) electrons. The monoisotopic (exact) mass is 281 g/mol. The van der Waals surface area contributed by atoms with Gasteiger partial charge in [0, 0.05) is 26.1 Å². The van der Waals surface area contributed by atoms with Crippen LogP contribution >= 0.6 is 0 Å². The Hall–Kier alpha value is -0.570. The van der Waals surface area contributed by atoms with Gasteiger partial charge in [-0.25, -0.2) is 0 Å². The summed E-state index contributed by atoms with van der Waals surface area (Å²) in [6, 6.07) is 0. The van der Waals surface area contributed by atoms with Crippen molar-refractivity contribution in [3.8, 4) is 0 Å². The zero-order valence-electron chi connectivity index (χ0n) is 13.7. The number of likely N-dealkylation sites (tertiary alicyclic amines) is 1. The molecule has 0 bridgehead atoms. The molecule has 0 aromatic rings. The molecule has 2 heterocycles. The van der Waals surface area contributed by atoms with E-state index in [9.17, 15) is 4.79 Å². The molecule has 0 N–H and O–H groups in total. The molecule has 3 heteroatoms.